The summed E-state index contributed by atoms with van der Waals surface area (Å²) in [6.07, 6.45) is 1.15. The van der Waals surface area contributed by atoms with Gasteiger partial charge in [-0.15, -0.1) is 0 Å². The van der Waals surface area contributed by atoms with Crippen molar-refractivity contribution in [3.8, 4) is 0 Å². The highest BCUT2D eigenvalue weighted by molar-refractivity contribution is 5.58. The van der Waals surface area contributed by atoms with Gasteiger partial charge in [-0.05, 0) is 36.6 Å². The van der Waals surface area contributed by atoms with Crippen LogP contribution in [0.15, 0.2) is 18.2 Å². The van der Waals surface area contributed by atoms with Crippen molar-refractivity contribution < 1.29 is 0 Å². The van der Waals surface area contributed by atoms with Crippen LogP contribution in [0.25, 0.3) is 0 Å². The second-order valence-corrected chi connectivity index (χ2v) is 4.67. The van der Waals surface area contributed by atoms with Crippen molar-refractivity contribution in [3.05, 3.63) is 29.3 Å². The third kappa shape index (κ3) is 2.15. The van der Waals surface area contributed by atoms with Crippen LogP contribution >= 0.6 is 0 Å². The molecule has 0 radical (unpaired) electrons. The van der Waals surface area contributed by atoms with Gasteiger partial charge in [0.25, 0.3) is 0 Å². The van der Waals surface area contributed by atoms with Crippen LogP contribution in [0, 0.1) is 0 Å². The summed E-state index contributed by atoms with van der Waals surface area (Å²) in [6, 6.07) is 7.37. The van der Waals surface area contributed by atoms with E-state index in [4.69, 9.17) is 0 Å². The Bertz CT molecular complexity index is 344. The first-order valence-corrected chi connectivity index (χ1v) is 5.74. The predicted molar refractivity (Wildman–Crippen MR) is 65.6 cm³/mol. The number of anilines is 1. The van der Waals surface area contributed by atoms with E-state index in [-0.39, 0.29) is 0 Å². The second kappa shape index (κ2) is 4.23. The average Bonchev–Trinajstić information content (AvgIpc) is 2.59. The van der Waals surface area contributed by atoms with Crippen LogP contribution in [0.5, 0.6) is 0 Å². The monoisotopic (exact) mass is 204 g/mol. The number of hydrogen-bond donors (Lipinski definition) is 2. The van der Waals surface area contributed by atoms with E-state index in [0.717, 1.165) is 13.0 Å². The van der Waals surface area contributed by atoms with Gasteiger partial charge in [-0.3, -0.25) is 0 Å². The van der Waals surface area contributed by atoms with Gasteiger partial charge in [0.1, 0.15) is 0 Å². The molecule has 0 aliphatic carbocycles. The van der Waals surface area contributed by atoms with Gasteiger partial charge < -0.3 is 10.6 Å². The molecule has 0 amide bonds. The van der Waals surface area contributed by atoms with Gasteiger partial charge >= 0.3 is 0 Å². The van der Waals surface area contributed by atoms with Crippen molar-refractivity contribution in [2.24, 2.45) is 0 Å². The highest BCUT2D eigenvalue weighted by atomic mass is 15.0. The molecule has 2 N–H and O–H groups in total. The average molecular weight is 204 g/mol. The SMILES string of the molecule is CNCC1Cc2cc(C(C)C)ccc2N1. The third-order valence-corrected chi connectivity index (χ3v) is 3.07. The number of fused-ring (bicyclic) bond motifs is 1. The van der Waals surface area contributed by atoms with E-state index in [0.29, 0.717) is 12.0 Å². The van der Waals surface area contributed by atoms with Crippen molar-refractivity contribution in [1.29, 1.82) is 0 Å². The summed E-state index contributed by atoms with van der Waals surface area (Å²) >= 11 is 0. The summed E-state index contributed by atoms with van der Waals surface area (Å²) < 4.78 is 0. The molecule has 1 aromatic rings. The first-order valence-electron chi connectivity index (χ1n) is 5.74. The first kappa shape index (κ1) is 10.5. The van der Waals surface area contributed by atoms with Gasteiger partial charge in [-0.1, -0.05) is 26.0 Å². The fraction of sp³-hybridized carbons (Fsp3) is 0.538. The van der Waals surface area contributed by atoms with Gasteiger partial charge in [0.15, 0.2) is 0 Å². The van der Waals surface area contributed by atoms with E-state index in [2.05, 4.69) is 42.7 Å². The Kier molecular flexibility index (Phi) is 2.96. The van der Waals surface area contributed by atoms with Gasteiger partial charge in [-0.2, -0.15) is 0 Å². The van der Waals surface area contributed by atoms with Crippen LogP contribution < -0.4 is 10.6 Å². The fourth-order valence-corrected chi connectivity index (χ4v) is 2.19. The fourth-order valence-electron chi connectivity index (χ4n) is 2.19. The molecule has 2 nitrogen and oxygen atoms in total. The maximum absolute atomic E-state index is 3.54. The lowest BCUT2D eigenvalue weighted by Gasteiger charge is -2.09. The van der Waals surface area contributed by atoms with Gasteiger partial charge in [0.2, 0.25) is 0 Å². The molecule has 0 spiro atoms. The highest BCUT2D eigenvalue weighted by Gasteiger charge is 2.19. The minimum absolute atomic E-state index is 0.562. The lowest BCUT2D eigenvalue weighted by atomic mass is 9.99. The van der Waals surface area contributed by atoms with Crippen molar-refractivity contribution in [2.75, 3.05) is 18.9 Å². The summed E-state index contributed by atoms with van der Waals surface area (Å²) in [4.78, 5) is 0. The zero-order chi connectivity index (χ0) is 10.8. The molecule has 1 aliphatic rings. The van der Waals surface area contributed by atoms with E-state index in [1.807, 2.05) is 7.05 Å². The van der Waals surface area contributed by atoms with Crippen LogP contribution in [0.2, 0.25) is 0 Å². The molecule has 1 atom stereocenters. The Labute approximate surface area is 92.1 Å². The standard InChI is InChI=1S/C13H20N2/c1-9(2)10-4-5-13-11(6-10)7-12(15-13)8-14-3/h4-6,9,12,14-15H,7-8H2,1-3H3. The summed E-state index contributed by atoms with van der Waals surface area (Å²) in [5, 5.41) is 6.76. The lowest BCUT2D eigenvalue weighted by Crippen LogP contribution is -2.28. The van der Waals surface area contributed by atoms with Crippen molar-refractivity contribution in [3.63, 3.8) is 0 Å². The Hall–Kier alpha value is -1.02. The quantitative estimate of drug-likeness (QED) is 0.790. The zero-order valence-corrected chi connectivity index (χ0v) is 9.80. The first-order chi connectivity index (χ1) is 7.20. The van der Waals surface area contributed by atoms with Gasteiger partial charge in [0, 0.05) is 18.3 Å². The summed E-state index contributed by atoms with van der Waals surface area (Å²) in [5.41, 5.74) is 4.24. The molecule has 1 aliphatic heterocycles. The zero-order valence-electron chi connectivity index (χ0n) is 9.80. The molecule has 0 bridgehead atoms. The Morgan fingerprint density at radius 1 is 1.47 bits per heavy atom. The van der Waals surface area contributed by atoms with Crippen LogP contribution in [-0.4, -0.2) is 19.6 Å². The van der Waals surface area contributed by atoms with Crippen LogP contribution in [0.3, 0.4) is 0 Å². The van der Waals surface area contributed by atoms with Crippen molar-refractivity contribution >= 4 is 5.69 Å². The molecule has 2 heteroatoms. The van der Waals surface area contributed by atoms with E-state index in [1.165, 1.54) is 16.8 Å². The normalized spacial score (nSPS) is 19.1. The summed E-state index contributed by atoms with van der Waals surface area (Å²) in [5.74, 6) is 0.624. The molecule has 1 aromatic carbocycles. The van der Waals surface area contributed by atoms with E-state index in [1.54, 1.807) is 0 Å². The summed E-state index contributed by atoms with van der Waals surface area (Å²) in [6.45, 7) is 5.52. The predicted octanol–water partition coefficient (Wildman–Crippen LogP) is 2.37. The number of hydrogen-bond acceptors (Lipinski definition) is 2. The molecular formula is C13H20N2. The van der Waals surface area contributed by atoms with Gasteiger partial charge in [-0.25, -0.2) is 0 Å². The highest BCUT2D eigenvalue weighted by Crippen LogP contribution is 2.28. The molecule has 0 saturated heterocycles. The molecule has 0 saturated carbocycles. The minimum atomic E-state index is 0.562. The molecule has 1 heterocycles. The molecular weight excluding hydrogens is 184 g/mol. The number of benzene rings is 1. The Morgan fingerprint density at radius 2 is 2.27 bits per heavy atom. The van der Waals surface area contributed by atoms with Crippen molar-refractivity contribution in [2.45, 2.75) is 32.2 Å². The maximum Gasteiger partial charge on any atom is 0.0426 e. The Balaban J connectivity index is 2.16. The van der Waals surface area contributed by atoms with E-state index < -0.39 is 0 Å². The molecule has 15 heavy (non-hydrogen) atoms. The molecule has 0 fully saturated rings. The minimum Gasteiger partial charge on any atom is -0.380 e. The van der Waals surface area contributed by atoms with Crippen LogP contribution in [-0.2, 0) is 6.42 Å². The second-order valence-electron chi connectivity index (χ2n) is 4.67. The van der Waals surface area contributed by atoms with Crippen LogP contribution in [0.1, 0.15) is 30.9 Å². The molecule has 1 unspecified atom stereocenters. The molecule has 82 valence electrons. The lowest BCUT2D eigenvalue weighted by molar-refractivity contribution is 0.673. The Morgan fingerprint density at radius 3 is 2.93 bits per heavy atom. The molecule has 2 rings (SSSR count). The smallest absolute Gasteiger partial charge is 0.0426 e. The largest absolute Gasteiger partial charge is 0.380 e. The summed E-state index contributed by atoms with van der Waals surface area (Å²) in [7, 11) is 2.00. The third-order valence-electron chi connectivity index (χ3n) is 3.07. The number of nitrogens with one attached hydrogen (secondary N) is 2. The number of likely N-dealkylation sites (N-methyl/N-ethyl adjacent to an activating group) is 1. The number of rotatable bonds is 3. The maximum atomic E-state index is 3.54. The van der Waals surface area contributed by atoms with E-state index >= 15 is 0 Å². The van der Waals surface area contributed by atoms with Gasteiger partial charge in [0.05, 0.1) is 0 Å². The van der Waals surface area contributed by atoms with Crippen molar-refractivity contribution in [1.82, 2.24) is 5.32 Å². The van der Waals surface area contributed by atoms with Crippen LogP contribution in [0.4, 0.5) is 5.69 Å². The van der Waals surface area contributed by atoms with E-state index in [9.17, 15) is 0 Å². The molecule has 0 aromatic heterocycles. The topological polar surface area (TPSA) is 24.1 Å².